The van der Waals surface area contributed by atoms with Crippen LogP contribution in [0.15, 0.2) is 6.33 Å². The zero-order valence-electron chi connectivity index (χ0n) is 23.8. The van der Waals surface area contributed by atoms with Crippen molar-refractivity contribution >= 4 is 12.0 Å². The van der Waals surface area contributed by atoms with Gasteiger partial charge >= 0.3 is 6.09 Å². The van der Waals surface area contributed by atoms with Gasteiger partial charge < -0.3 is 14.5 Å². The topological polar surface area (TPSA) is 78.9 Å². The molecule has 1 aromatic rings. The minimum Gasteiger partial charge on any atom is -0.441 e. The van der Waals surface area contributed by atoms with Gasteiger partial charge in [-0.05, 0) is 44.9 Å². The zero-order valence-corrected chi connectivity index (χ0v) is 23.8. The van der Waals surface area contributed by atoms with E-state index in [2.05, 4.69) is 21.8 Å². The standard InChI is InChI=1S/C30H47N5O3/c1-4-5-8-24-9-6-7-10-25(24)19-35-20-30(38-29(35)37)13-17-33(18-14-30)26-11-15-34(16-12-26)28(36)27-22(2)31-21-32-23(27)3/h21,24-26H,4-20H2,1-3H3. The zero-order chi connectivity index (χ0) is 26.7. The number of hydrogen-bond acceptors (Lipinski definition) is 6. The van der Waals surface area contributed by atoms with Crippen molar-refractivity contribution in [1.29, 1.82) is 0 Å². The number of piperidine rings is 2. The number of likely N-dealkylation sites (tertiary alicyclic amines) is 2. The summed E-state index contributed by atoms with van der Waals surface area (Å²) in [6.45, 7) is 11.2. The second-order valence-electron chi connectivity index (χ2n) is 12.4. The summed E-state index contributed by atoms with van der Waals surface area (Å²) in [5.74, 6) is 1.47. The summed E-state index contributed by atoms with van der Waals surface area (Å²) < 4.78 is 6.11. The molecule has 1 aliphatic carbocycles. The third kappa shape index (κ3) is 5.85. The highest BCUT2D eigenvalue weighted by molar-refractivity contribution is 5.96. The number of aryl methyl sites for hydroxylation is 2. The van der Waals surface area contributed by atoms with E-state index in [9.17, 15) is 9.59 Å². The van der Waals surface area contributed by atoms with E-state index < -0.39 is 0 Å². The Labute approximate surface area is 228 Å². The fourth-order valence-electron chi connectivity index (χ4n) is 7.54. The minimum atomic E-state index is -0.305. The Bertz CT molecular complexity index is 964. The number of hydrogen-bond donors (Lipinski definition) is 0. The van der Waals surface area contributed by atoms with Crippen LogP contribution in [-0.4, -0.2) is 87.6 Å². The van der Waals surface area contributed by atoms with Crippen molar-refractivity contribution in [3.63, 3.8) is 0 Å². The first kappa shape index (κ1) is 27.4. The fourth-order valence-corrected chi connectivity index (χ4v) is 7.54. The van der Waals surface area contributed by atoms with Crippen LogP contribution < -0.4 is 0 Å². The molecule has 2 unspecified atom stereocenters. The molecular formula is C30H47N5O3. The highest BCUT2D eigenvalue weighted by Gasteiger charge is 2.48. The largest absolute Gasteiger partial charge is 0.441 e. The number of carbonyl (C=O) groups excluding carboxylic acids is 2. The maximum atomic E-state index is 13.1. The normalized spacial score (nSPS) is 26.7. The summed E-state index contributed by atoms with van der Waals surface area (Å²) in [5, 5.41) is 0. The molecule has 2 amide bonds. The number of rotatable bonds is 7. The van der Waals surface area contributed by atoms with Gasteiger partial charge in [-0.15, -0.1) is 0 Å². The molecule has 3 aliphatic heterocycles. The third-order valence-electron chi connectivity index (χ3n) is 9.91. The van der Waals surface area contributed by atoms with Gasteiger partial charge in [-0.3, -0.25) is 9.69 Å². The molecule has 1 saturated carbocycles. The van der Waals surface area contributed by atoms with E-state index in [1.54, 1.807) is 0 Å². The van der Waals surface area contributed by atoms with Crippen LogP contribution >= 0.6 is 0 Å². The first-order valence-corrected chi connectivity index (χ1v) is 15.2. The molecule has 1 spiro atoms. The highest BCUT2D eigenvalue weighted by Crippen LogP contribution is 2.39. The Morgan fingerprint density at radius 1 is 1.00 bits per heavy atom. The maximum absolute atomic E-state index is 13.1. The Kier molecular flexibility index (Phi) is 8.56. The molecule has 210 valence electrons. The molecule has 8 nitrogen and oxygen atoms in total. The summed E-state index contributed by atoms with van der Waals surface area (Å²) in [7, 11) is 0. The lowest BCUT2D eigenvalue weighted by molar-refractivity contribution is -0.0175. The average molecular weight is 526 g/mol. The third-order valence-corrected chi connectivity index (χ3v) is 9.91. The molecule has 0 bridgehead atoms. The fraction of sp³-hybridized carbons (Fsp3) is 0.800. The first-order valence-electron chi connectivity index (χ1n) is 15.2. The van der Waals surface area contributed by atoms with Gasteiger partial charge in [-0.25, -0.2) is 14.8 Å². The van der Waals surface area contributed by atoms with Crippen LogP contribution in [0.2, 0.25) is 0 Å². The van der Waals surface area contributed by atoms with Gasteiger partial charge in [0.15, 0.2) is 0 Å². The second-order valence-corrected chi connectivity index (χ2v) is 12.4. The van der Waals surface area contributed by atoms with E-state index >= 15 is 0 Å². The number of carbonyl (C=O) groups is 2. The van der Waals surface area contributed by atoms with E-state index in [4.69, 9.17) is 4.74 Å². The minimum absolute atomic E-state index is 0.0597. The summed E-state index contributed by atoms with van der Waals surface area (Å²) in [6.07, 6.45) is 14.4. The van der Waals surface area contributed by atoms with Crippen LogP contribution in [0.25, 0.3) is 0 Å². The summed E-state index contributed by atoms with van der Waals surface area (Å²) in [6, 6.07) is 0.486. The first-order chi connectivity index (χ1) is 18.4. The van der Waals surface area contributed by atoms with E-state index in [-0.39, 0.29) is 17.6 Å². The number of aromatic nitrogens is 2. The molecule has 0 radical (unpaired) electrons. The van der Waals surface area contributed by atoms with Crippen molar-refractivity contribution in [3.05, 3.63) is 23.3 Å². The van der Waals surface area contributed by atoms with Crippen LogP contribution in [-0.2, 0) is 4.74 Å². The molecule has 2 atom stereocenters. The van der Waals surface area contributed by atoms with E-state index in [1.807, 2.05) is 23.6 Å². The predicted octanol–water partition coefficient (Wildman–Crippen LogP) is 4.98. The second kappa shape index (κ2) is 11.9. The number of ether oxygens (including phenoxy) is 1. The SMILES string of the molecule is CCCCC1CCCCC1CN1CC2(CCN(C3CCN(C(=O)c4c(C)ncnc4C)CC3)CC2)OC1=O. The van der Waals surface area contributed by atoms with Crippen LogP contribution in [0.4, 0.5) is 4.79 Å². The van der Waals surface area contributed by atoms with Gasteiger partial charge in [-0.1, -0.05) is 45.4 Å². The van der Waals surface area contributed by atoms with Crippen molar-refractivity contribution in [3.8, 4) is 0 Å². The van der Waals surface area contributed by atoms with E-state index in [0.29, 0.717) is 17.5 Å². The predicted molar refractivity (Wildman–Crippen MR) is 147 cm³/mol. The quantitative estimate of drug-likeness (QED) is 0.500. The van der Waals surface area contributed by atoms with Gasteiger partial charge in [0.1, 0.15) is 11.9 Å². The molecule has 1 aromatic heterocycles. The van der Waals surface area contributed by atoms with Crippen LogP contribution in [0.3, 0.4) is 0 Å². The maximum Gasteiger partial charge on any atom is 0.410 e. The molecule has 8 heteroatoms. The number of nitrogens with zero attached hydrogens (tertiary/aromatic N) is 5. The number of amides is 2. The lowest BCUT2D eigenvalue weighted by Crippen LogP contribution is -2.53. The lowest BCUT2D eigenvalue weighted by Gasteiger charge is -2.44. The van der Waals surface area contributed by atoms with E-state index in [0.717, 1.165) is 82.3 Å². The monoisotopic (exact) mass is 525 g/mol. The van der Waals surface area contributed by atoms with Crippen LogP contribution in [0.1, 0.15) is 99.3 Å². The van der Waals surface area contributed by atoms with Gasteiger partial charge in [0.25, 0.3) is 5.91 Å². The van der Waals surface area contributed by atoms with Crippen molar-refractivity contribution in [1.82, 2.24) is 24.7 Å². The molecular weight excluding hydrogens is 478 g/mol. The Balaban J connectivity index is 1.10. The van der Waals surface area contributed by atoms with Crippen molar-refractivity contribution in [2.45, 2.75) is 103 Å². The average Bonchev–Trinajstić information content (AvgIpc) is 3.22. The molecule has 38 heavy (non-hydrogen) atoms. The molecule has 0 aromatic carbocycles. The van der Waals surface area contributed by atoms with Gasteiger partial charge in [0.05, 0.1) is 23.5 Å². The Morgan fingerprint density at radius 2 is 1.66 bits per heavy atom. The van der Waals surface area contributed by atoms with Crippen molar-refractivity contribution < 1.29 is 14.3 Å². The molecule has 4 aliphatic rings. The number of unbranched alkanes of at least 4 members (excludes halogenated alkanes) is 1. The lowest BCUT2D eigenvalue weighted by atomic mass is 9.76. The molecule has 5 rings (SSSR count). The molecule has 4 heterocycles. The van der Waals surface area contributed by atoms with Crippen molar-refractivity contribution in [2.24, 2.45) is 11.8 Å². The van der Waals surface area contributed by atoms with Gasteiger partial charge in [-0.2, -0.15) is 0 Å². The summed E-state index contributed by atoms with van der Waals surface area (Å²) >= 11 is 0. The Hall–Kier alpha value is -2.22. The summed E-state index contributed by atoms with van der Waals surface area (Å²) in [5.41, 5.74) is 1.86. The van der Waals surface area contributed by atoms with Crippen molar-refractivity contribution in [2.75, 3.05) is 39.3 Å². The summed E-state index contributed by atoms with van der Waals surface area (Å²) in [4.78, 5) is 41.1. The van der Waals surface area contributed by atoms with Gasteiger partial charge in [0, 0.05) is 51.6 Å². The van der Waals surface area contributed by atoms with Gasteiger partial charge in [0.2, 0.25) is 0 Å². The van der Waals surface area contributed by atoms with E-state index in [1.165, 1.54) is 51.3 Å². The molecule has 3 saturated heterocycles. The Morgan fingerprint density at radius 3 is 2.32 bits per heavy atom. The van der Waals surface area contributed by atoms with Crippen LogP contribution in [0, 0.1) is 25.7 Å². The van der Waals surface area contributed by atoms with Crippen LogP contribution in [0.5, 0.6) is 0 Å². The highest BCUT2D eigenvalue weighted by atomic mass is 16.6. The smallest absolute Gasteiger partial charge is 0.410 e. The molecule has 0 N–H and O–H groups in total. The molecule has 4 fully saturated rings.